The fraction of sp³-hybridized carbons (Fsp3) is 0.500. The minimum Gasteiger partial charge on any atom is -0.466 e. The molecule has 0 aliphatic heterocycles. The van der Waals surface area contributed by atoms with Gasteiger partial charge in [-0.15, -0.1) is 0 Å². The Morgan fingerprint density at radius 1 is 1.37 bits per heavy atom. The third kappa shape index (κ3) is 4.95. The van der Waals surface area contributed by atoms with E-state index in [9.17, 15) is 13.6 Å². The first kappa shape index (κ1) is 15.6. The molecule has 1 N–H and O–H groups in total. The number of carbonyl (C=O) groups excluding carboxylic acids is 1. The zero-order chi connectivity index (χ0) is 14.3. The van der Waals surface area contributed by atoms with Crippen LogP contribution in [0.1, 0.15) is 38.3 Å². The summed E-state index contributed by atoms with van der Waals surface area (Å²) in [5.41, 5.74) is 0.280. The Kier molecular flexibility index (Phi) is 6.42. The molecule has 0 bridgehead atoms. The van der Waals surface area contributed by atoms with Gasteiger partial charge < -0.3 is 10.1 Å². The molecule has 1 unspecified atom stereocenters. The van der Waals surface area contributed by atoms with E-state index < -0.39 is 23.6 Å². The number of hydrogen-bond donors (Lipinski definition) is 1. The molecule has 1 atom stereocenters. The summed E-state index contributed by atoms with van der Waals surface area (Å²) in [5.74, 6) is -1.69. The van der Waals surface area contributed by atoms with Crippen molar-refractivity contribution in [2.24, 2.45) is 0 Å². The number of hydrogen-bond acceptors (Lipinski definition) is 3. The molecule has 0 radical (unpaired) electrons. The molecule has 1 aromatic rings. The molecule has 5 heteroatoms. The molecule has 0 aliphatic rings. The maximum absolute atomic E-state index is 13.7. The van der Waals surface area contributed by atoms with Crippen molar-refractivity contribution < 1.29 is 18.3 Å². The van der Waals surface area contributed by atoms with Crippen molar-refractivity contribution in [2.45, 2.75) is 32.7 Å². The van der Waals surface area contributed by atoms with E-state index in [0.29, 0.717) is 6.54 Å². The van der Waals surface area contributed by atoms with E-state index in [1.807, 2.05) is 6.92 Å². The summed E-state index contributed by atoms with van der Waals surface area (Å²) in [7, 11) is 0. The first-order valence-corrected chi connectivity index (χ1v) is 6.42. The molecule has 1 aromatic carbocycles. The first-order chi connectivity index (χ1) is 9.08. The van der Waals surface area contributed by atoms with Crippen LogP contribution in [0.5, 0.6) is 0 Å². The fourth-order valence-electron chi connectivity index (χ4n) is 1.78. The molecule has 0 fully saturated rings. The van der Waals surface area contributed by atoms with E-state index in [2.05, 4.69) is 5.32 Å². The van der Waals surface area contributed by atoms with Gasteiger partial charge in [0.2, 0.25) is 0 Å². The summed E-state index contributed by atoms with van der Waals surface area (Å²) >= 11 is 0. The lowest BCUT2D eigenvalue weighted by Gasteiger charge is -2.18. The van der Waals surface area contributed by atoms with Gasteiger partial charge in [0.25, 0.3) is 0 Å². The van der Waals surface area contributed by atoms with E-state index in [0.717, 1.165) is 12.5 Å². The summed E-state index contributed by atoms with van der Waals surface area (Å²) < 4.78 is 31.5. The molecule has 0 aromatic heterocycles. The minimum absolute atomic E-state index is 0.0242. The van der Waals surface area contributed by atoms with E-state index in [4.69, 9.17) is 4.74 Å². The highest BCUT2D eigenvalue weighted by Crippen LogP contribution is 2.21. The van der Waals surface area contributed by atoms with Crippen LogP contribution in [0.3, 0.4) is 0 Å². The number of carbonyl (C=O) groups is 1. The first-order valence-electron chi connectivity index (χ1n) is 6.42. The summed E-state index contributed by atoms with van der Waals surface area (Å²) in [6.07, 6.45) is 0.874. The lowest BCUT2D eigenvalue weighted by atomic mass is 10.0. The topological polar surface area (TPSA) is 38.3 Å². The quantitative estimate of drug-likeness (QED) is 0.775. The van der Waals surface area contributed by atoms with Gasteiger partial charge in [-0.3, -0.25) is 4.79 Å². The third-order valence-electron chi connectivity index (χ3n) is 2.65. The van der Waals surface area contributed by atoms with Gasteiger partial charge in [-0.05, 0) is 26.0 Å². The second kappa shape index (κ2) is 7.84. The van der Waals surface area contributed by atoms with Crippen molar-refractivity contribution in [3.63, 3.8) is 0 Å². The summed E-state index contributed by atoms with van der Waals surface area (Å²) in [6.45, 7) is 4.60. The number of halogens is 2. The lowest BCUT2D eigenvalue weighted by Crippen LogP contribution is -2.26. The van der Waals surface area contributed by atoms with Gasteiger partial charge in [0.15, 0.2) is 0 Å². The van der Waals surface area contributed by atoms with Crippen LogP contribution in [-0.2, 0) is 9.53 Å². The van der Waals surface area contributed by atoms with Crippen LogP contribution in [0.15, 0.2) is 18.2 Å². The lowest BCUT2D eigenvalue weighted by molar-refractivity contribution is -0.143. The van der Waals surface area contributed by atoms with Gasteiger partial charge in [0, 0.05) is 17.7 Å². The standard InChI is InChI=1S/C14H19F2NO2/c1-3-7-17-13(9-14(18)19-4-2)11-6-5-10(15)8-12(11)16/h5-6,8,13,17H,3-4,7,9H2,1-2H3. The monoisotopic (exact) mass is 271 g/mol. The van der Waals surface area contributed by atoms with Gasteiger partial charge in [0.05, 0.1) is 13.0 Å². The SMILES string of the molecule is CCCNC(CC(=O)OCC)c1ccc(F)cc1F. The highest BCUT2D eigenvalue weighted by molar-refractivity contribution is 5.70. The third-order valence-corrected chi connectivity index (χ3v) is 2.65. The molecular weight excluding hydrogens is 252 g/mol. The smallest absolute Gasteiger partial charge is 0.307 e. The Hall–Kier alpha value is -1.49. The molecule has 106 valence electrons. The molecule has 0 spiro atoms. The van der Waals surface area contributed by atoms with E-state index in [-0.39, 0.29) is 18.6 Å². The molecule has 0 saturated carbocycles. The normalized spacial score (nSPS) is 12.2. The Bertz CT molecular complexity index is 424. The predicted molar refractivity (Wildman–Crippen MR) is 68.6 cm³/mol. The van der Waals surface area contributed by atoms with Gasteiger partial charge in [-0.1, -0.05) is 13.0 Å². The van der Waals surface area contributed by atoms with Crippen molar-refractivity contribution in [2.75, 3.05) is 13.2 Å². The van der Waals surface area contributed by atoms with Crippen LogP contribution in [-0.4, -0.2) is 19.1 Å². The minimum atomic E-state index is -0.655. The second-order valence-corrected chi connectivity index (χ2v) is 4.18. The molecule has 0 saturated heterocycles. The van der Waals surface area contributed by atoms with Gasteiger partial charge in [-0.2, -0.15) is 0 Å². The zero-order valence-corrected chi connectivity index (χ0v) is 11.2. The highest BCUT2D eigenvalue weighted by atomic mass is 19.1. The largest absolute Gasteiger partial charge is 0.466 e. The van der Waals surface area contributed by atoms with Crippen LogP contribution >= 0.6 is 0 Å². The van der Waals surface area contributed by atoms with Crippen LogP contribution in [0, 0.1) is 11.6 Å². The van der Waals surface area contributed by atoms with Crippen LogP contribution < -0.4 is 5.32 Å². The Morgan fingerprint density at radius 3 is 2.68 bits per heavy atom. The van der Waals surface area contributed by atoms with E-state index >= 15 is 0 Å². The number of ether oxygens (including phenoxy) is 1. The Morgan fingerprint density at radius 2 is 2.11 bits per heavy atom. The maximum atomic E-state index is 13.7. The predicted octanol–water partition coefficient (Wildman–Crippen LogP) is 2.96. The fourth-order valence-corrected chi connectivity index (χ4v) is 1.78. The van der Waals surface area contributed by atoms with Crippen LogP contribution in [0.4, 0.5) is 8.78 Å². The van der Waals surface area contributed by atoms with Crippen LogP contribution in [0.25, 0.3) is 0 Å². The van der Waals surface area contributed by atoms with Crippen LogP contribution in [0.2, 0.25) is 0 Å². The van der Waals surface area contributed by atoms with Gasteiger partial charge in [-0.25, -0.2) is 8.78 Å². The van der Waals surface area contributed by atoms with Crippen molar-refractivity contribution in [3.05, 3.63) is 35.4 Å². The summed E-state index contributed by atoms with van der Waals surface area (Å²) in [6, 6.07) is 2.86. The summed E-state index contributed by atoms with van der Waals surface area (Å²) in [4.78, 5) is 11.5. The average molecular weight is 271 g/mol. The van der Waals surface area contributed by atoms with Crippen molar-refractivity contribution in [1.29, 1.82) is 0 Å². The number of benzene rings is 1. The number of rotatable bonds is 7. The average Bonchev–Trinajstić information content (AvgIpc) is 2.35. The van der Waals surface area contributed by atoms with Crippen molar-refractivity contribution in [3.8, 4) is 0 Å². The molecule has 0 amide bonds. The number of nitrogens with one attached hydrogen (secondary N) is 1. The second-order valence-electron chi connectivity index (χ2n) is 4.18. The molecule has 0 aliphatic carbocycles. The van der Waals surface area contributed by atoms with Gasteiger partial charge in [0.1, 0.15) is 11.6 Å². The molecule has 1 rings (SSSR count). The molecule has 19 heavy (non-hydrogen) atoms. The summed E-state index contributed by atoms with van der Waals surface area (Å²) in [5, 5.41) is 3.07. The van der Waals surface area contributed by atoms with Crippen molar-refractivity contribution in [1.82, 2.24) is 5.32 Å². The van der Waals surface area contributed by atoms with E-state index in [1.165, 1.54) is 12.1 Å². The molecular formula is C14H19F2NO2. The van der Waals surface area contributed by atoms with Crippen molar-refractivity contribution >= 4 is 5.97 Å². The Balaban J connectivity index is 2.85. The molecule has 3 nitrogen and oxygen atoms in total. The number of esters is 1. The van der Waals surface area contributed by atoms with E-state index in [1.54, 1.807) is 6.92 Å². The maximum Gasteiger partial charge on any atom is 0.307 e. The molecule has 0 heterocycles. The van der Waals surface area contributed by atoms with Gasteiger partial charge >= 0.3 is 5.97 Å². The highest BCUT2D eigenvalue weighted by Gasteiger charge is 2.19. The zero-order valence-electron chi connectivity index (χ0n) is 11.2. The Labute approximate surface area is 112 Å².